The minimum absolute atomic E-state index is 0.960. The van der Waals surface area contributed by atoms with Crippen LogP contribution >= 0.6 is 11.3 Å². The average molecular weight is 454 g/mol. The number of fused-ring (bicyclic) bond motifs is 4. The number of benzene rings is 4. The SMILES string of the molecule is c1ccc(-c2cc(-n3c4ccccc4c4cc5ncsc5cc43)cc(-c3ccccc3)n2)cc1. The average Bonchev–Trinajstić information content (AvgIpc) is 3.50. The molecule has 0 aliphatic carbocycles. The lowest BCUT2D eigenvalue weighted by Crippen LogP contribution is -1.98. The van der Waals surface area contributed by atoms with Crippen LogP contribution in [-0.2, 0) is 0 Å². The molecule has 7 aromatic rings. The summed E-state index contributed by atoms with van der Waals surface area (Å²) in [4.78, 5) is 9.63. The molecule has 3 nitrogen and oxygen atoms in total. The van der Waals surface area contributed by atoms with Gasteiger partial charge >= 0.3 is 0 Å². The highest BCUT2D eigenvalue weighted by Crippen LogP contribution is 2.37. The topological polar surface area (TPSA) is 30.7 Å². The van der Waals surface area contributed by atoms with Gasteiger partial charge in [-0.05, 0) is 30.3 Å². The molecular formula is C30H19N3S. The van der Waals surface area contributed by atoms with E-state index in [-0.39, 0.29) is 0 Å². The van der Waals surface area contributed by atoms with E-state index in [0.29, 0.717) is 0 Å². The molecule has 0 fully saturated rings. The lowest BCUT2D eigenvalue weighted by atomic mass is 10.1. The third kappa shape index (κ3) is 3.04. The van der Waals surface area contributed by atoms with Gasteiger partial charge in [0.05, 0.1) is 43.8 Å². The first-order valence-electron chi connectivity index (χ1n) is 11.2. The molecule has 0 aliphatic heterocycles. The normalized spacial score (nSPS) is 11.5. The van der Waals surface area contributed by atoms with E-state index in [1.54, 1.807) is 11.3 Å². The Morgan fingerprint density at radius 3 is 1.94 bits per heavy atom. The van der Waals surface area contributed by atoms with Gasteiger partial charge in [-0.25, -0.2) is 9.97 Å². The molecule has 34 heavy (non-hydrogen) atoms. The molecule has 0 atom stereocenters. The van der Waals surface area contributed by atoms with Gasteiger partial charge in [-0.15, -0.1) is 11.3 Å². The van der Waals surface area contributed by atoms with Crippen LogP contribution in [0.3, 0.4) is 0 Å². The van der Waals surface area contributed by atoms with Crippen molar-refractivity contribution in [1.82, 2.24) is 14.5 Å². The van der Waals surface area contributed by atoms with Gasteiger partial charge in [-0.2, -0.15) is 0 Å². The fourth-order valence-electron chi connectivity index (χ4n) is 4.76. The third-order valence-electron chi connectivity index (χ3n) is 6.33. The highest BCUT2D eigenvalue weighted by Gasteiger charge is 2.16. The summed E-state index contributed by atoms with van der Waals surface area (Å²) in [5.74, 6) is 0. The lowest BCUT2D eigenvalue weighted by molar-refractivity contribution is 1.16. The van der Waals surface area contributed by atoms with Gasteiger partial charge < -0.3 is 4.57 Å². The second-order valence-corrected chi connectivity index (χ2v) is 9.26. The van der Waals surface area contributed by atoms with Gasteiger partial charge in [0.2, 0.25) is 0 Å². The third-order valence-corrected chi connectivity index (χ3v) is 7.12. The number of thiazole rings is 1. The van der Waals surface area contributed by atoms with Gasteiger partial charge in [-0.1, -0.05) is 78.9 Å². The van der Waals surface area contributed by atoms with Crippen LogP contribution in [0.1, 0.15) is 0 Å². The largest absolute Gasteiger partial charge is 0.309 e. The maximum absolute atomic E-state index is 5.06. The molecule has 3 aromatic heterocycles. The highest BCUT2D eigenvalue weighted by molar-refractivity contribution is 7.16. The van der Waals surface area contributed by atoms with Crippen molar-refractivity contribution < 1.29 is 0 Å². The van der Waals surface area contributed by atoms with Crippen molar-refractivity contribution in [3.63, 3.8) is 0 Å². The first-order valence-corrected chi connectivity index (χ1v) is 12.1. The number of nitrogens with zero attached hydrogens (tertiary/aromatic N) is 3. The fraction of sp³-hybridized carbons (Fsp3) is 0. The van der Waals surface area contributed by atoms with Crippen molar-refractivity contribution in [2.75, 3.05) is 0 Å². The molecule has 0 aliphatic rings. The molecule has 3 heterocycles. The summed E-state index contributed by atoms with van der Waals surface area (Å²) in [6, 6.07) is 38.3. The van der Waals surface area contributed by atoms with Gasteiger partial charge in [-0.3, -0.25) is 0 Å². The van der Waals surface area contributed by atoms with E-state index in [2.05, 4.69) is 107 Å². The summed E-state index contributed by atoms with van der Waals surface area (Å²) in [6.45, 7) is 0. The highest BCUT2D eigenvalue weighted by atomic mass is 32.1. The number of hydrogen-bond acceptors (Lipinski definition) is 3. The Balaban J connectivity index is 1.59. The van der Waals surface area contributed by atoms with Crippen LogP contribution in [0.15, 0.2) is 115 Å². The zero-order valence-electron chi connectivity index (χ0n) is 18.2. The van der Waals surface area contributed by atoms with Crippen molar-refractivity contribution >= 4 is 43.4 Å². The van der Waals surface area contributed by atoms with E-state index in [1.165, 1.54) is 26.5 Å². The smallest absolute Gasteiger partial charge is 0.0819 e. The molecule has 0 radical (unpaired) electrons. The maximum Gasteiger partial charge on any atom is 0.0819 e. The van der Waals surface area contributed by atoms with Gasteiger partial charge in [0.15, 0.2) is 0 Å². The first kappa shape index (κ1) is 19.2. The summed E-state index contributed by atoms with van der Waals surface area (Å²) in [5, 5.41) is 2.44. The van der Waals surface area contributed by atoms with E-state index >= 15 is 0 Å². The zero-order chi connectivity index (χ0) is 22.5. The van der Waals surface area contributed by atoms with Crippen molar-refractivity contribution in [2.45, 2.75) is 0 Å². The number of para-hydroxylation sites is 1. The number of rotatable bonds is 3. The summed E-state index contributed by atoms with van der Waals surface area (Å²) in [7, 11) is 0. The minimum atomic E-state index is 0.960. The summed E-state index contributed by atoms with van der Waals surface area (Å²) >= 11 is 1.68. The Bertz CT molecular complexity index is 1740. The lowest BCUT2D eigenvalue weighted by Gasteiger charge is -2.13. The van der Waals surface area contributed by atoms with Crippen LogP contribution in [0.2, 0.25) is 0 Å². The van der Waals surface area contributed by atoms with Crippen LogP contribution in [0, 0.1) is 0 Å². The Morgan fingerprint density at radius 2 is 1.24 bits per heavy atom. The van der Waals surface area contributed by atoms with Crippen LogP contribution in [0.5, 0.6) is 0 Å². The Kier molecular flexibility index (Phi) is 4.32. The van der Waals surface area contributed by atoms with Gasteiger partial charge in [0.1, 0.15) is 0 Å². The molecule has 0 saturated heterocycles. The van der Waals surface area contributed by atoms with E-state index in [0.717, 1.165) is 33.7 Å². The summed E-state index contributed by atoms with van der Waals surface area (Å²) < 4.78 is 3.56. The first-order chi connectivity index (χ1) is 16.8. The van der Waals surface area contributed by atoms with E-state index in [9.17, 15) is 0 Å². The van der Waals surface area contributed by atoms with Crippen molar-refractivity contribution in [1.29, 1.82) is 0 Å². The zero-order valence-corrected chi connectivity index (χ0v) is 19.0. The van der Waals surface area contributed by atoms with E-state index < -0.39 is 0 Å². The monoisotopic (exact) mass is 453 g/mol. The Morgan fingerprint density at radius 1 is 0.588 bits per heavy atom. The fourth-order valence-corrected chi connectivity index (χ4v) is 5.45. The molecule has 0 bridgehead atoms. The predicted octanol–water partition coefficient (Wildman–Crippen LogP) is 8.12. The maximum atomic E-state index is 5.06. The predicted molar refractivity (Wildman–Crippen MR) is 143 cm³/mol. The van der Waals surface area contributed by atoms with Crippen molar-refractivity contribution in [3.8, 4) is 28.2 Å². The Hall–Kier alpha value is -4.28. The molecule has 0 unspecified atom stereocenters. The molecule has 160 valence electrons. The number of pyridine rings is 1. The molecule has 4 heteroatoms. The van der Waals surface area contributed by atoms with E-state index in [4.69, 9.17) is 4.98 Å². The van der Waals surface area contributed by atoms with Crippen LogP contribution in [0.4, 0.5) is 0 Å². The minimum Gasteiger partial charge on any atom is -0.309 e. The molecular weight excluding hydrogens is 434 g/mol. The number of aromatic nitrogens is 3. The van der Waals surface area contributed by atoms with Crippen molar-refractivity contribution in [2.24, 2.45) is 0 Å². The van der Waals surface area contributed by atoms with Crippen LogP contribution < -0.4 is 0 Å². The quantitative estimate of drug-likeness (QED) is 0.270. The molecule has 0 N–H and O–H groups in total. The molecule has 4 aromatic carbocycles. The second-order valence-electron chi connectivity index (χ2n) is 8.37. The van der Waals surface area contributed by atoms with Crippen LogP contribution in [0.25, 0.3) is 60.2 Å². The standard InChI is InChI=1S/C30H19N3S/c1-3-9-20(10-4-1)25-15-22(16-26(32-25)21-11-5-2-6-12-21)33-28-14-8-7-13-23(28)24-17-27-30(18-29(24)33)34-19-31-27/h1-19H. The Labute approximate surface area is 200 Å². The number of hydrogen-bond donors (Lipinski definition) is 0. The molecule has 0 saturated carbocycles. The second kappa shape index (κ2) is 7.65. The molecule has 7 rings (SSSR count). The molecule has 0 spiro atoms. The summed E-state index contributed by atoms with van der Waals surface area (Å²) in [6.07, 6.45) is 0. The summed E-state index contributed by atoms with van der Waals surface area (Å²) in [5.41, 5.74) is 10.6. The van der Waals surface area contributed by atoms with Gasteiger partial charge in [0, 0.05) is 21.9 Å². The van der Waals surface area contributed by atoms with Gasteiger partial charge in [0.25, 0.3) is 0 Å². The van der Waals surface area contributed by atoms with E-state index in [1.807, 2.05) is 17.6 Å². The molecule has 0 amide bonds. The van der Waals surface area contributed by atoms with Crippen LogP contribution in [-0.4, -0.2) is 14.5 Å². The van der Waals surface area contributed by atoms with Crippen molar-refractivity contribution in [3.05, 3.63) is 115 Å².